The molecule has 1 unspecified atom stereocenters. The van der Waals surface area contributed by atoms with Crippen molar-refractivity contribution in [1.82, 2.24) is 20.2 Å². The zero-order chi connectivity index (χ0) is 13.0. The third-order valence-electron chi connectivity index (χ3n) is 2.94. The number of likely N-dealkylation sites (N-methyl/N-ethyl adjacent to an activating group) is 1. The molecule has 0 radical (unpaired) electrons. The van der Waals surface area contributed by atoms with Crippen LogP contribution in [0.3, 0.4) is 0 Å². The molecule has 2 heterocycles. The summed E-state index contributed by atoms with van der Waals surface area (Å²) < 4.78 is 5.65. The molecule has 6 nitrogen and oxygen atoms in total. The van der Waals surface area contributed by atoms with E-state index in [-0.39, 0.29) is 11.7 Å². The molecule has 1 saturated heterocycles. The lowest BCUT2D eigenvalue weighted by Gasteiger charge is -2.29. The monoisotopic (exact) mass is 252 g/mol. The first-order valence-corrected chi connectivity index (χ1v) is 6.30. The summed E-state index contributed by atoms with van der Waals surface area (Å²) in [6.07, 6.45) is -0.141. The Labute approximate surface area is 106 Å². The molecule has 1 aliphatic rings. The first kappa shape index (κ1) is 13.2. The molecule has 2 rings (SSSR count). The van der Waals surface area contributed by atoms with Crippen LogP contribution in [0.1, 0.15) is 24.5 Å². The summed E-state index contributed by atoms with van der Waals surface area (Å²) in [5.74, 6) is 0.627. The van der Waals surface area contributed by atoms with Gasteiger partial charge in [-0.25, -0.2) is 4.98 Å². The van der Waals surface area contributed by atoms with E-state index in [4.69, 9.17) is 4.74 Å². The minimum atomic E-state index is -0.141. The highest BCUT2D eigenvalue weighted by Crippen LogP contribution is 2.17. The molecular weight excluding hydrogens is 232 g/mol. The molecule has 0 saturated carbocycles. The summed E-state index contributed by atoms with van der Waals surface area (Å²) in [7, 11) is 2.04. The Morgan fingerprint density at radius 2 is 2.50 bits per heavy atom. The normalized spacial score (nSPS) is 21.1. The summed E-state index contributed by atoms with van der Waals surface area (Å²) in [4.78, 5) is 21.0. The lowest BCUT2D eigenvalue weighted by molar-refractivity contribution is -0.0257. The molecule has 1 atom stereocenters. The minimum absolute atomic E-state index is 0.121. The summed E-state index contributed by atoms with van der Waals surface area (Å²) in [6.45, 7) is 5.82. The van der Waals surface area contributed by atoms with Gasteiger partial charge in [-0.2, -0.15) is 0 Å². The molecule has 18 heavy (non-hydrogen) atoms. The number of H-pyrrole nitrogens is 1. The van der Waals surface area contributed by atoms with Gasteiger partial charge in [0.2, 0.25) is 0 Å². The van der Waals surface area contributed by atoms with Gasteiger partial charge in [0.25, 0.3) is 5.56 Å². The maximum absolute atomic E-state index is 11.6. The van der Waals surface area contributed by atoms with Gasteiger partial charge < -0.3 is 19.9 Å². The number of hydrogen-bond donors (Lipinski definition) is 2. The van der Waals surface area contributed by atoms with E-state index >= 15 is 0 Å². The molecule has 0 amide bonds. The maximum Gasteiger partial charge on any atom is 0.251 e. The van der Waals surface area contributed by atoms with Crippen LogP contribution in [0.2, 0.25) is 0 Å². The van der Waals surface area contributed by atoms with Crippen LogP contribution >= 0.6 is 0 Å². The van der Waals surface area contributed by atoms with Gasteiger partial charge in [-0.3, -0.25) is 4.79 Å². The third kappa shape index (κ3) is 3.38. The van der Waals surface area contributed by atoms with Crippen molar-refractivity contribution in [3.05, 3.63) is 27.9 Å². The first-order valence-electron chi connectivity index (χ1n) is 6.30. The van der Waals surface area contributed by atoms with Gasteiger partial charge in [0.1, 0.15) is 11.9 Å². The number of ether oxygens (including phenoxy) is 1. The zero-order valence-electron chi connectivity index (χ0n) is 10.9. The number of aromatic amines is 1. The number of nitrogens with one attached hydrogen (secondary N) is 2. The van der Waals surface area contributed by atoms with E-state index in [9.17, 15) is 4.79 Å². The summed E-state index contributed by atoms with van der Waals surface area (Å²) in [5.41, 5.74) is 0.636. The Balaban J connectivity index is 2.16. The molecular formula is C12H20N4O2. The molecule has 0 spiro atoms. The smallest absolute Gasteiger partial charge is 0.251 e. The van der Waals surface area contributed by atoms with Gasteiger partial charge in [0.15, 0.2) is 0 Å². The number of morpholine rings is 1. The second-order valence-electron chi connectivity index (χ2n) is 4.52. The number of rotatable bonds is 4. The van der Waals surface area contributed by atoms with Crippen LogP contribution in [0.5, 0.6) is 0 Å². The predicted molar refractivity (Wildman–Crippen MR) is 68.4 cm³/mol. The first-order chi connectivity index (χ1) is 8.69. The molecule has 1 aromatic heterocycles. The van der Waals surface area contributed by atoms with E-state index in [1.807, 2.05) is 14.0 Å². The summed E-state index contributed by atoms with van der Waals surface area (Å²) in [6, 6.07) is 1.53. The van der Waals surface area contributed by atoms with Crippen LogP contribution in [0, 0.1) is 0 Å². The van der Waals surface area contributed by atoms with Crippen LogP contribution in [0.4, 0.5) is 0 Å². The van der Waals surface area contributed by atoms with Crippen molar-refractivity contribution in [3.8, 4) is 0 Å². The van der Waals surface area contributed by atoms with Crippen LogP contribution in [-0.4, -0.2) is 48.2 Å². The quantitative estimate of drug-likeness (QED) is 0.782. The maximum atomic E-state index is 11.6. The Morgan fingerprint density at radius 3 is 3.22 bits per heavy atom. The van der Waals surface area contributed by atoms with Crippen molar-refractivity contribution in [1.29, 1.82) is 0 Å². The lowest BCUT2D eigenvalue weighted by atomic mass is 10.2. The van der Waals surface area contributed by atoms with E-state index < -0.39 is 0 Å². The highest BCUT2D eigenvalue weighted by Gasteiger charge is 2.21. The fraction of sp³-hybridized carbons (Fsp3) is 0.667. The summed E-state index contributed by atoms with van der Waals surface area (Å²) in [5, 5.41) is 3.16. The van der Waals surface area contributed by atoms with Gasteiger partial charge in [0, 0.05) is 25.7 Å². The Morgan fingerprint density at radius 1 is 1.67 bits per heavy atom. The largest absolute Gasteiger partial charge is 0.368 e. The fourth-order valence-corrected chi connectivity index (χ4v) is 1.97. The highest BCUT2D eigenvalue weighted by molar-refractivity contribution is 5.05. The minimum Gasteiger partial charge on any atom is -0.368 e. The molecule has 6 heteroatoms. The van der Waals surface area contributed by atoms with E-state index in [0.717, 1.165) is 25.3 Å². The Hall–Kier alpha value is -1.24. The van der Waals surface area contributed by atoms with Crippen LogP contribution in [0.25, 0.3) is 0 Å². The van der Waals surface area contributed by atoms with E-state index in [1.54, 1.807) is 0 Å². The second-order valence-corrected chi connectivity index (χ2v) is 4.52. The second kappa shape index (κ2) is 6.08. The standard InChI is InChI=1S/C12H20N4O2/c1-3-13-7-9-6-11(17)15-12(14-9)10-8-16(2)4-5-18-10/h6,10,13H,3-5,7-8H2,1-2H3,(H,14,15,17). The van der Waals surface area contributed by atoms with Gasteiger partial charge in [-0.15, -0.1) is 0 Å². The van der Waals surface area contributed by atoms with Crippen molar-refractivity contribution >= 4 is 0 Å². The van der Waals surface area contributed by atoms with Crippen LogP contribution in [0.15, 0.2) is 10.9 Å². The zero-order valence-corrected chi connectivity index (χ0v) is 10.9. The average molecular weight is 252 g/mol. The Kier molecular flexibility index (Phi) is 4.46. The highest BCUT2D eigenvalue weighted by atomic mass is 16.5. The van der Waals surface area contributed by atoms with Crippen molar-refractivity contribution < 1.29 is 4.74 Å². The molecule has 0 bridgehead atoms. The molecule has 1 fully saturated rings. The SMILES string of the molecule is CCNCc1cc(=O)[nH]c(C2CN(C)CCO2)n1. The molecule has 2 N–H and O–H groups in total. The Bertz CT molecular complexity index is 446. The molecule has 0 aliphatic carbocycles. The van der Waals surface area contributed by atoms with Crippen LogP contribution in [-0.2, 0) is 11.3 Å². The lowest BCUT2D eigenvalue weighted by Crippen LogP contribution is -2.36. The van der Waals surface area contributed by atoms with Gasteiger partial charge in [-0.05, 0) is 13.6 Å². The topological polar surface area (TPSA) is 70.2 Å². The van der Waals surface area contributed by atoms with Crippen molar-refractivity contribution in [3.63, 3.8) is 0 Å². The van der Waals surface area contributed by atoms with Gasteiger partial charge in [-0.1, -0.05) is 6.92 Å². The van der Waals surface area contributed by atoms with Crippen molar-refractivity contribution in [2.45, 2.75) is 19.6 Å². The fourth-order valence-electron chi connectivity index (χ4n) is 1.97. The van der Waals surface area contributed by atoms with Gasteiger partial charge >= 0.3 is 0 Å². The predicted octanol–water partition coefficient (Wildman–Crippen LogP) is -0.117. The van der Waals surface area contributed by atoms with Crippen molar-refractivity contribution in [2.75, 3.05) is 33.3 Å². The third-order valence-corrected chi connectivity index (χ3v) is 2.94. The molecule has 0 aromatic carbocycles. The van der Waals surface area contributed by atoms with E-state index in [1.165, 1.54) is 6.07 Å². The molecule has 1 aliphatic heterocycles. The van der Waals surface area contributed by atoms with E-state index in [0.29, 0.717) is 19.0 Å². The number of hydrogen-bond acceptors (Lipinski definition) is 5. The van der Waals surface area contributed by atoms with Crippen molar-refractivity contribution in [2.24, 2.45) is 0 Å². The molecule has 100 valence electrons. The molecule has 1 aromatic rings. The number of aromatic nitrogens is 2. The summed E-state index contributed by atoms with van der Waals surface area (Å²) >= 11 is 0. The average Bonchev–Trinajstić information content (AvgIpc) is 2.36. The van der Waals surface area contributed by atoms with Crippen LogP contribution < -0.4 is 10.9 Å². The number of nitrogens with zero attached hydrogens (tertiary/aromatic N) is 2. The van der Waals surface area contributed by atoms with Gasteiger partial charge in [0.05, 0.1) is 12.3 Å². The van der Waals surface area contributed by atoms with E-state index in [2.05, 4.69) is 20.2 Å².